The van der Waals surface area contributed by atoms with Crippen LogP contribution in [0.2, 0.25) is 5.02 Å². The van der Waals surface area contributed by atoms with Crippen LogP contribution in [-0.4, -0.2) is 36.4 Å². The lowest BCUT2D eigenvalue weighted by atomic mass is 10.2. The highest BCUT2D eigenvalue weighted by Gasteiger charge is 2.17. The first-order valence-corrected chi connectivity index (χ1v) is 7.43. The smallest absolute Gasteiger partial charge is 0.269 e. The number of thiophene rings is 1. The van der Waals surface area contributed by atoms with E-state index in [0.717, 1.165) is 0 Å². The van der Waals surface area contributed by atoms with Crippen molar-refractivity contribution in [1.29, 1.82) is 0 Å². The van der Waals surface area contributed by atoms with Crippen molar-refractivity contribution in [3.63, 3.8) is 0 Å². The molecular weight excluding hydrogens is 294 g/mol. The minimum atomic E-state index is -0.212. The molecule has 4 nitrogen and oxygen atoms in total. The number of nitrogens with zero attached hydrogens (tertiary/aromatic N) is 2. The van der Waals surface area contributed by atoms with Gasteiger partial charge in [0.15, 0.2) is 0 Å². The zero-order valence-electron chi connectivity index (χ0n) is 11.3. The van der Waals surface area contributed by atoms with Crippen LogP contribution in [0.3, 0.4) is 0 Å². The quantitative estimate of drug-likeness (QED) is 0.924. The van der Waals surface area contributed by atoms with Crippen molar-refractivity contribution in [3.05, 3.63) is 51.4 Å². The maximum atomic E-state index is 12.0. The van der Waals surface area contributed by atoms with E-state index < -0.39 is 0 Å². The van der Waals surface area contributed by atoms with Gasteiger partial charge in [0.2, 0.25) is 0 Å². The molecule has 1 N–H and O–H groups in total. The Labute approximate surface area is 127 Å². The Hall–Kier alpha value is -1.43. The molecule has 0 saturated carbocycles. The Bertz CT molecular complexity index is 572. The molecule has 1 amide bonds. The molecule has 1 unspecified atom stereocenters. The molecule has 6 heteroatoms. The molecule has 0 spiro atoms. The number of likely N-dealkylation sites (N-methyl/N-ethyl adjacent to an activating group) is 1. The van der Waals surface area contributed by atoms with Gasteiger partial charge >= 0.3 is 0 Å². The second-order valence-electron chi connectivity index (χ2n) is 4.56. The summed E-state index contributed by atoms with van der Waals surface area (Å²) in [5.74, 6) is -0.212. The van der Waals surface area contributed by atoms with Crippen LogP contribution in [0.1, 0.15) is 21.4 Å². The van der Waals surface area contributed by atoms with E-state index in [9.17, 15) is 4.79 Å². The number of carbonyl (C=O) groups excluding carboxylic acids is 1. The van der Waals surface area contributed by atoms with Gasteiger partial charge in [0.25, 0.3) is 5.91 Å². The lowest BCUT2D eigenvalue weighted by molar-refractivity contribution is 0.0937. The molecule has 2 aromatic heterocycles. The largest absolute Gasteiger partial charge is 0.349 e. The topological polar surface area (TPSA) is 45.2 Å². The van der Waals surface area contributed by atoms with Crippen LogP contribution in [0, 0.1) is 0 Å². The summed E-state index contributed by atoms with van der Waals surface area (Å²) in [6.07, 6.45) is 1.53. The van der Waals surface area contributed by atoms with Crippen LogP contribution in [0.4, 0.5) is 0 Å². The number of nitrogens with one attached hydrogen (secondary N) is 1. The number of hydrogen-bond acceptors (Lipinski definition) is 4. The molecule has 1 atom stereocenters. The van der Waals surface area contributed by atoms with Gasteiger partial charge in [-0.25, -0.2) is 0 Å². The average Bonchev–Trinajstić information content (AvgIpc) is 2.92. The van der Waals surface area contributed by atoms with Crippen LogP contribution in [0.5, 0.6) is 0 Å². The van der Waals surface area contributed by atoms with E-state index in [-0.39, 0.29) is 11.9 Å². The Morgan fingerprint density at radius 3 is 2.90 bits per heavy atom. The fourth-order valence-electron chi connectivity index (χ4n) is 1.83. The van der Waals surface area contributed by atoms with Gasteiger partial charge in [-0.2, -0.15) is 0 Å². The normalized spacial score (nSPS) is 12.4. The third-order valence-corrected chi connectivity index (χ3v) is 4.11. The molecular formula is C14H16ClN3OS. The summed E-state index contributed by atoms with van der Waals surface area (Å²) in [6, 6.07) is 7.44. The summed E-state index contributed by atoms with van der Waals surface area (Å²) in [5, 5.41) is 5.44. The monoisotopic (exact) mass is 309 g/mol. The molecule has 0 saturated heterocycles. The van der Waals surface area contributed by atoms with E-state index in [2.05, 4.69) is 21.3 Å². The highest BCUT2D eigenvalue weighted by Crippen LogP contribution is 2.22. The maximum absolute atomic E-state index is 12.0. The van der Waals surface area contributed by atoms with Crippen molar-refractivity contribution in [1.82, 2.24) is 15.2 Å². The number of aromatic nitrogens is 1. The fourth-order valence-corrected chi connectivity index (χ4v) is 2.91. The number of pyridine rings is 1. The lowest BCUT2D eigenvalue weighted by Crippen LogP contribution is -2.34. The molecule has 0 aliphatic rings. The minimum absolute atomic E-state index is 0.151. The fraction of sp³-hybridized carbons (Fsp3) is 0.286. The van der Waals surface area contributed by atoms with Gasteiger partial charge in [-0.1, -0.05) is 17.7 Å². The van der Waals surface area contributed by atoms with Gasteiger partial charge in [-0.3, -0.25) is 9.78 Å². The molecule has 20 heavy (non-hydrogen) atoms. The molecule has 2 aromatic rings. The number of hydrogen-bond donors (Lipinski definition) is 1. The van der Waals surface area contributed by atoms with Crippen LogP contribution >= 0.6 is 22.9 Å². The van der Waals surface area contributed by atoms with Crippen molar-refractivity contribution in [2.75, 3.05) is 20.6 Å². The van der Waals surface area contributed by atoms with E-state index >= 15 is 0 Å². The lowest BCUT2D eigenvalue weighted by Gasteiger charge is -2.23. The van der Waals surface area contributed by atoms with E-state index in [1.807, 2.05) is 25.5 Å². The van der Waals surface area contributed by atoms with Crippen molar-refractivity contribution in [2.24, 2.45) is 0 Å². The third-order valence-electron chi connectivity index (χ3n) is 2.91. The predicted octanol–water partition coefficient (Wildman–Crippen LogP) is 2.83. The van der Waals surface area contributed by atoms with Crippen LogP contribution in [0.15, 0.2) is 35.8 Å². The van der Waals surface area contributed by atoms with Gasteiger partial charge in [-0.15, -0.1) is 11.3 Å². The van der Waals surface area contributed by atoms with E-state index in [4.69, 9.17) is 11.6 Å². The zero-order chi connectivity index (χ0) is 14.5. The van der Waals surface area contributed by atoms with Crippen LogP contribution in [-0.2, 0) is 0 Å². The van der Waals surface area contributed by atoms with Crippen molar-refractivity contribution in [2.45, 2.75) is 6.04 Å². The van der Waals surface area contributed by atoms with Crippen molar-refractivity contribution < 1.29 is 4.79 Å². The van der Waals surface area contributed by atoms with E-state index in [1.165, 1.54) is 11.1 Å². The summed E-state index contributed by atoms with van der Waals surface area (Å²) < 4.78 is 0. The average molecular weight is 310 g/mol. The van der Waals surface area contributed by atoms with Gasteiger partial charge in [0.1, 0.15) is 5.69 Å². The second kappa shape index (κ2) is 6.83. The first-order valence-electron chi connectivity index (χ1n) is 6.17. The highest BCUT2D eigenvalue weighted by molar-refractivity contribution is 7.10. The van der Waals surface area contributed by atoms with E-state index in [1.54, 1.807) is 23.5 Å². The molecule has 0 aromatic carbocycles. The molecule has 2 heterocycles. The molecule has 2 rings (SSSR count). The molecule has 0 fully saturated rings. The number of amides is 1. The molecule has 0 radical (unpaired) electrons. The first-order chi connectivity index (χ1) is 9.58. The minimum Gasteiger partial charge on any atom is -0.349 e. The molecule has 0 aliphatic carbocycles. The number of halogens is 1. The van der Waals surface area contributed by atoms with E-state index in [0.29, 0.717) is 17.3 Å². The summed E-state index contributed by atoms with van der Waals surface area (Å²) in [5.41, 5.74) is 0.334. The van der Waals surface area contributed by atoms with Crippen molar-refractivity contribution in [3.8, 4) is 0 Å². The summed E-state index contributed by atoms with van der Waals surface area (Å²) in [4.78, 5) is 19.4. The molecule has 0 bridgehead atoms. The molecule has 0 aliphatic heterocycles. The van der Waals surface area contributed by atoms with Crippen molar-refractivity contribution >= 4 is 28.8 Å². The summed E-state index contributed by atoms with van der Waals surface area (Å²) >= 11 is 7.54. The Kier molecular flexibility index (Phi) is 5.11. The summed E-state index contributed by atoms with van der Waals surface area (Å²) in [7, 11) is 3.99. The SMILES string of the molecule is CN(C)C(CNC(=O)c1cc(Cl)ccn1)c1cccs1. The van der Waals surface area contributed by atoms with Gasteiger partial charge in [-0.05, 0) is 37.7 Å². The maximum Gasteiger partial charge on any atom is 0.269 e. The molecule has 106 valence electrons. The third kappa shape index (κ3) is 3.79. The Balaban J connectivity index is 2.01. The number of rotatable bonds is 5. The number of carbonyl (C=O) groups is 1. The highest BCUT2D eigenvalue weighted by atomic mass is 35.5. The standard InChI is InChI=1S/C14H16ClN3OS/c1-18(2)12(13-4-3-7-20-13)9-17-14(19)11-8-10(15)5-6-16-11/h3-8,12H,9H2,1-2H3,(H,17,19). The van der Waals surface area contributed by atoms with Gasteiger partial charge in [0, 0.05) is 22.6 Å². The summed E-state index contributed by atoms with van der Waals surface area (Å²) in [6.45, 7) is 0.528. The second-order valence-corrected chi connectivity index (χ2v) is 5.98. The van der Waals surface area contributed by atoms with Gasteiger partial charge in [0.05, 0.1) is 6.04 Å². The zero-order valence-corrected chi connectivity index (χ0v) is 12.9. The predicted molar refractivity (Wildman–Crippen MR) is 82.3 cm³/mol. The van der Waals surface area contributed by atoms with Gasteiger partial charge < -0.3 is 10.2 Å². The Morgan fingerprint density at radius 1 is 1.50 bits per heavy atom. The van der Waals surface area contributed by atoms with Crippen LogP contribution in [0.25, 0.3) is 0 Å². The first kappa shape index (κ1) is 15.0. The Morgan fingerprint density at radius 2 is 2.30 bits per heavy atom. The van der Waals surface area contributed by atoms with Crippen LogP contribution < -0.4 is 5.32 Å².